The van der Waals surface area contributed by atoms with Gasteiger partial charge in [-0.25, -0.2) is 0 Å². The molecule has 1 aromatic carbocycles. The number of piperidine rings is 1. The van der Waals surface area contributed by atoms with Gasteiger partial charge in [0.1, 0.15) is 5.75 Å². The van der Waals surface area contributed by atoms with Crippen LogP contribution in [-0.4, -0.2) is 34.9 Å². The predicted octanol–water partition coefficient (Wildman–Crippen LogP) is 3.39. The van der Waals surface area contributed by atoms with E-state index in [0.29, 0.717) is 12.0 Å². The first-order valence-electron chi connectivity index (χ1n) is 8.17. The van der Waals surface area contributed by atoms with Crippen LogP contribution in [0, 0.1) is 0 Å². The fourth-order valence-corrected chi connectivity index (χ4v) is 3.02. The van der Waals surface area contributed by atoms with E-state index in [0.717, 1.165) is 30.2 Å². The number of benzene rings is 1. The van der Waals surface area contributed by atoms with Gasteiger partial charge in [0.2, 0.25) is 5.95 Å². The highest BCUT2D eigenvalue weighted by Crippen LogP contribution is 2.25. The highest BCUT2D eigenvalue weighted by molar-refractivity contribution is 5.55. The number of hydrogen-bond donors (Lipinski definition) is 1. The summed E-state index contributed by atoms with van der Waals surface area (Å²) >= 11 is 0. The third-order valence-electron chi connectivity index (χ3n) is 4.28. The number of rotatable bonds is 5. The van der Waals surface area contributed by atoms with Crippen LogP contribution in [0.1, 0.15) is 32.6 Å². The molecule has 0 radical (unpaired) electrons. The zero-order valence-electron chi connectivity index (χ0n) is 13.7. The molecule has 6 nitrogen and oxygen atoms in total. The summed E-state index contributed by atoms with van der Waals surface area (Å²) < 4.78 is 5.16. The molecule has 2 heterocycles. The second-order valence-corrected chi connectivity index (χ2v) is 5.74. The maximum absolute atomic E-state index is 5.16. The fourth-order valence-electron chi connectivity index (χ4n) is 3.02. The number of methoxy groups -OCH3 is 1. The molecule has 1 N–H and O–H groups in total. The first-order chi connectivity index (χ1) is 11.3. The van der Waals surface area contributed by atoms with Crippen molar-refractivity contribution >= 4 is 17.5 Å². The maximum Gasteiger partial charge on any atom is 0.249 e. The summed E-state index contributed by atoms with van der Waals surface area (Å²) in [7, 11) is 1.65. The molecular formula is C17H23N5O. The van der Waals surface area contributed by atoms with Crippen molar-refractivity contribution in [1.29, 1.82) is 0 Å². The van der Waals surface area contributed by atoms with E-state index in [1.54, 1.807) is 13.3 Å². The van der Waals surface area contributed by atoms with E-state index in [2.05, 4.69) is 32.3 Å². The summed E-state index contributed by atoms with van der Waals surface area (Å²) in [5.41, 5.74) is 0.912. The van der Waals surface area contributed by atoms with Gasteiger partial charge in [0.05, 0.1) is 13.3 Å². The Morgan fingerprint density at radius 1 is 1.26 bits per heavy atom. The second-order valence-electron chi connectivity index (χ2n) is 5.74. The molecule has 0 spiro atoms. The monoisotopic (exact) mass is 313 g/mol. The van der Waals surface area contributed by atoms with Crippen molar-refractivity contribution < 1.29 is 4.74 Å². The highest BCUT2D eigenvalue weighted by atomic mass is 16.5. The van der Waals surface area contributed by atoms with Crippen LogP contribution in [-0.2, 0) is 0 Å². The molecule has 1 aliphatic rings. The van der Waals surface area contributed by atoms with E-state index in [4.69, 9.17) is 4.74 Å². The van der Waals surface area contributed by atoms with Crippen LogP contribution in [0.5, 0.6) is 5.75 Å². The number of ether oxygens (including phenoxy) is 1. The average molecular weight is 313 g/mol. The largest absolute Gasteiger partial charge is 0.497 e. The van der Waals surface area contributed by atoms with E-state index in [9.17, 15) is 0 Å². The van der Waals surface area contributed by atoms with E-state index in [1.165, 1.54) is 19.3 Å². The van der Waals surface area contributed by atoms with Crippen molar-refractivity contribution in [3.8, 4) is 5.75 Å². The normalized spacial score (nSPS) is 17.8. The highest BCUT2D eigenvalue weighted by Gasteiger charge is 2.22. The van der Waals surface area contributed by atoms with E-state index in [-0.39, 0.29) is 0 Å². The quantitative estimate of drug-likeness (QED) is 0.913. The number of nitrogens with zero attached hydrogens (tertiary/aromatic N) is 4. The molecule has 1 aliphatic heterocycles. The SMILES string of the molecule is CCC1CCCCN1c1cnnc(Nc2ccc(OC)cc2)n1. The summed E-state index contributed by atoms with van der Waals surface area (Å²) in [6, 6.07) is 8.22. The fraction of sp³-hybridized carbons (Fsp3) is 0.471. The summed E-state index contributed by atoms with van der Waals surface area (Å²) in [4.78, 5) is 7.00. The van der Waals surface area contributed by atoms with Crippen LogP contribution in [0.25, 0.3) is 0 Å². The Labute approximate surface area is 136 Å². The molecule has 1 fully saturated rings. The molecule has 0 saturated carbocycles. The summed E-state index contributed by atoms with van der Waals surface area (Å²) in [5.74, 6) is 2.25. The van der Waals surface area contributed by atoms with E-state index in [1.807, 2.05) is 24.3 Å². The first kappa shape index (κ1) is 15.5. The maximum atomic E-state index is 5.16. The molecule has 1 unspecified atom stereocenters. The van der Waals surface area contributed by atoms with Crippen molar-refractivity contribution in [2.75, 3.05) is 23.9 Å². The molecule has 1 aromatic heterocycles. The van der Waals surface area contributed by atoms with E-state index >= 15 is 0 Å². The minimum absolute atomic E-state index is 0.521. The van der Waals surface area contributed by atoms with Crippen LogP contribution in [0.3, 0.4) is 0 Å². The zero-order valence-corrected chi connectivity index (χ0v) is 13.7. The molecule has 2 aromatic rings. The van der Waals surface area contributed by atoms with Crippen molar-refractivity contribution in [1.82, 2.24) is 15.2 Å². The minimum atomic E-state index is 0.521. The lowest BCUT2D eigenvalue weighted by atomic mass is 10.0. The van der Waals surface area contributed by atoms with Gasteiger partial charge in [-0.1, -0.05) is 6.92 Å². The van der Waals surface area contributed by atoms with Gasteiger partial charge >= 0.3 is 0 Å². The van der Waals surface area contributed by atoms with Gasteiger partial charge in [0.15, 0.2) is 5.82 Å². The van der Waals surface area contributed by atoms with Crippen LogP contribution in [0.2, 0.25) is 0 Å². The van der Waals surface area contributed by atoms with Crippen LogP contribution in [0.4, 0.5) is 17.5 Å². The van der Waals surface area contributed by atoms with E-state index < -0.39 is 0 Å². The van der Waals surface area contributed by atoms with Gasteiger partial charge < -0.3 is 15.0 Å². The van der Waals surface area contributed by atoms with Crippen molar-refractivity contribution in [2.24, 2.45) is 0 Å². The van der Waals surface area contributed by atoms with Crippen molar-refractivity contribution in [2.45, 2.75) is 38.6 Å². The molecule has 0 aliphatic carbocycles. The zero-order chi connectivity index (χ0) is 16.1. The molecule has 3 rings (SSSR count). The second kappa shape index (κ2) is 7.26. The Bertz CT molecular complexity index is 631. The van der Waals surface area contributed by atoms with Crippen LogP contribution < -0.4 is 15.0 Å². The summed E-state index contributed by atoms with van der Waals surface area (Å²) in [6.45, 7) is 3.27. The Morgan fingerprint density at radius 3 is 2.83 bits per heavy atom. The molecule has 0 amide bonds. The Balaban J connectivity index is 1.76. The topological polar surface area (TPSA) is 63.2 Å². The molecular weight excluding hydrogens is 290 g/mol. The van der Waals surface area contributed by atoms with Crippen LogP contribution >= 0.6 is 0 Å². The lowest BCUT2D eigenvalue weighted by Crippen LogP contribution is -2.39. The Kier molecular flexibility index (Phi) is 4.90. The third kappa shape index (κ3) is 3.70. The molecule has 23 heavy (non-hydrogen) atoms. The van der Waals surface area contributed by atoms with Gasteiger partial charge in [-0.3, -0.25) is 0 Å². The summed E-state index contributed by atoms with van der Waals surface area (Å²) in [5, 5.41) is 11.4. The Hall–Kier alpha value is -2.37. The predicted molar refractivity (Wildman–Crippen MR) is 91.4 cm³/mol. The Morgan fingerprint density at radius 2 is 2.09 bits per heavy atom. The van der Waals surface area contributed by atoms with Gasteiger partial charge in [0, 0.05) is 18.3 Å². The lowest BCUT2D eigenvalue weighted by Gasteiger charge is -2.35. The molecule has 0 bridgehead atoms. The van der Waals surface area contributed by atoms with Gasteiger partial charge in [0.25, 0.3) is 0 Å². The molecule has 6 heteroatoms. The first-order valence-corrected chi connectivity index (χ1v) is 8.17. The van der Waals surface area contributed by atoms with Gasteiger partial charge in [-0.15, -0.1) is 5.10 Å². The minimum Gasteiger partial charge on any atom is -0.497 e. The standard InChI is InChI=1S/C17H23N5O/c1-3-14-6-4-5-11-22(14)16-12-18-21-17(20-16)19-13-7-9-15(23-2)10-8-13/h7-10,12,14H,3-6,11H2,1-2H3,(H,19,20,21). The lowest BCUT2D eigenvalue weighted by molar-refractivity contribution is 0.415. The van der Waals surface area contributed by atoms with Crippen LogP contribution in [0.15, 0.2) is 30.5 Å². The molecule has 1 atom stereocenters. The summed E-state index contributed by atoms with van der Waals surface area (Å²) in [6.07, 6.45) is 6.62. The molecule has 1 saturated heterocycles. The van der Waals surface area contributed by atoms with Crippen molar-refractivity contribution in [3.63, 3.8) is 0 Å². The number of hydrogen-bond acceptors (Lipinski definition) is 6. The molecule has 122 valence electrons. The number of nitrogens with one attached hydrogen (secondary N) is 1. The third-order valence-corrected chi connectivity index (χ3v) is 4.28. The van der Waals surface area contributed by atoms with Crippen molar-refractivity contribution in [3.05, 3.63) is 30.5 Å². The van der Waals surface area contributed by atoms with Gasteiger partial charge in [-0.05, 0) is 49.9 Å². The van der Waals surface area contributed by atoms with Gasteiger partial charge in [-0.2, -0.15) is 10.1 Å². The number of aromatic nitrogens is 3. The smallest absolute Gasteiger partial charge is 0.249 e. The number of anilines is 3. The average Bonchev–Trinajstić information content (AvgIpc) is 2.62.